The standard InChI is InChI=1S/C13H18BF2NO2/c1-7-6-8(10(16)11(17)9(7)15)14-18-12(2,3)13(4,5)19-14/h6H,17H2,1-5H3. The van der Waals surface area contributed by atoms with Gasteiger partial charge in [-0.3, -0.25) is 0 Å². The van der Waals surface area contributed by atoms with Gasteiger partial charge in [0, 0.05) is 5.46 Å². The first kappa shape index (κ1) is 14.3. The molecule has 3 nitrogen and oxygen atoms in total. The van der Waals surface area contributed by atoms with Crippen LogP contribution in [0.3, 0.4) is 0 Å². The molecule has 0 saturated carbocycles. The van der Waals surface area contributed by atoms with Crippen LogP contribution in [-0.4, -0.2) is 18.3 Å². The number of halogens is 2. The molecule has 1 aromatic rings. The number of rotatable bonds is 1. The summed E-state index contributed by atoms with van der Waals surface area (Å²) in [4.78, 5) is 0. The van der Waals surface area contributed by atoms with Crippen molar-refractivity contribution in [3.63, 3.8) is 0 Å². The molecule has 0 aromatic heterocycles. The Balaban J connectivity index is 2.46. The molecule has 1 fully saturated rings. The molecule has 19 heavy (non-hydrogen) atoms. The van der Waals surface area contributed by atoms with Crippen molar-refractivity contribution in [2.24, 2.45) is 0 Å². The number of nitrogen functional groups attached to an aromatic ring is 1. The van der Waals surface area contributed by atoms with Crippen LogP contribution >= 0.6 is 0 Å². The Labute approximate surface area is 112 Å². The fourth-order valence-electron chi connectivity index (χ4n) is 1.97. The summed E-state index contributed by atoms with van der Waals surface area (Å²) >= 11 is 0. The van der Waals surface area contributed by atoms with Crippen LogP contribution in [0.4, 0.5) is 14.5 Å². The van der Waals surface area contributed by atoms with Gasteiger partial charge in [0.25, 0.3) is 0 Å². The highest BCUT2D eigenvalue weighted by atomic mass is 19.1. The van der Waals surface area contributed by atoms with Crippen LogP contribution in [0.1, 0.15) is 33.3 Å². The third kappa shape index (κ3) is 2.13. The number of nitrogens with two attached hydrogens (primary N) is 1. The number of hydrogen-bond acceptors (Lipinski definition) is 3. The zero-order valence-electron chi connectivity index (χ0n) is 11.8. The molecule has 0 aliphatic carbocycles. The molecular formula is C13H18BF2NO2. The monoisotopic (exact) mass is 269 g/mol. The number of anilines is 1. The van der Waals surface area contributed by atoms with Gasteiger partial charge >= 0.3 is 7.12 Å². The lowest BCUT2D eigenvalue weighted by Crippen LogP contribution is -2.41. The fourth-order valence-corrected chi connectivity index (χ4v) is 1.97. The Kier molecular flexibility index (Phi) is 3.14. The number of aryl methyl sites for hydroxylation is 1. The summed E-state index contributed by atoms with van der Waals surface area (Å²) in [6, 6.07) is 1.38. The molecule has 2 rings (SSSR count). The third-order valence-electron chi connectivity index (χ3n) is 3.95. The molecule has 2 N–H and O–H groups in total. The van der Waals surface area contributed by atoms with Gasteiger partial charge in [-0.05, 0) is 40.2 Å². The van der Waals surface area contributed by atoms with Crippen molar-refractivity contribution >= 4 is 18.3 Å². The molecule has 0 spiro atoms. The molecule has 0 atom stereocenters. The van der Waals surface area contributed by atoms with Crippen LogP contribution in [0.2, 0.25) is 0 Å². The fraction of sp³-hybridized carbons (Fsp3) is 0.538. The van der Waals surface area contributed by atoms with Gasteiger partial charge in [0.1, 0.15) is 11.5 Å². The highest BCUT2D eigenvalue weighted by Crippen LogP contribution is 2.37. The second kappa shape index (κ2) is 4.18. The highest BCUT2D eigenvalue weighted by molar-refractivity contribution is 6.62. The summed E-state index contributed by atoms with van der Waals surface area (Å²) in [6.07, 6.45) is 0. The summed E-state index contributed by atoms with van der Waals surface area (Å²) in [5.41, 5.74) is 4.17. The molecule has 0 unspecified atom stereocenters. The van der Waals surface area contributed by atoms with Gasteiger partial charge in [0.2, 0.25) is 0 Å². The van der Waals surface area contributed by atoms with Crippen molar-refractivity contribution in [2.75, 3.05) is 5.73 Å². The summed E-state index contributed by atoms with van der Waals surface area (Å²) in [5, 5.41) is 0. The molecular weight excluding hydrogens is 251 g/mol. The van der Waals surface area contributed by atoms with Crippen molar-refractivity contribution < 1.29 is 18.1 Å². The minimum Gasteiger partial charge on any atom is -0.399 e. The Hall–Kier alpha value is -1.14. The molecule has 1 saturated heterocycles. The molecule has 1 heterocycles. The maximum Gasteiger partial charge on any atom is 0.497 e. The minimum absolute atomic E-state index is 0.134. The van der Waals surface area contributed by atoms with Crippen LogP contribution in [-0.2, 0) is 9.31 Å². The van der Waals surface area contributed by atoms with Crippen molar-refractivity contribution in [3.8, 4) is 0 Å². The molecule has 0 amide bonds. The van der Waals surface area contributed by atoms with Crippen LogP contribution < -0.4 is 11.2 Å². The van der Waals surface area contributed by atoms with Crippen molar-refractivity contribution in [1.82, 2.24) is 0 Å². The van der Waals surface area contributed by atoms with E-state index in [1.807, 2.05) is 27.7 Å². The normalized spacial score (nSPS) is 20.9. The maximum atomic E-state index is 14.1. The predicted molar refractivity (Wildman–Crippen MR) is 71.2 cm³/mol. The maximum absolute atomic E-state index is 14.1. The Morgan fingerprint density at radius 1 is 1.05 bits per heavy atom. The first-order valence-electron chi connectivity index (χ1n) is 6.16. The van der Waals surface area contributed by atoms with Gasteiger partial charge in [0.15, 0.2) is 5.82 Å². The van der Waals surface area contributed by atoms with E-state index in [0.717, 1.165) is 0 Å². The summed E-state index contributed by atoms with van der Waals surface area (Å²) in [6.45, 7) is 8.99. The van der Waals surface area contributed by atoms with E-state index in [1.165, 1.54) is 13.0 Å². The molecule has 1 aliphatic heterocycles. The van der Waals surface area contributed by atoms with Gasteiger partial charge < -0.3 is 15.0 Å². The lowest BCUT2D eigenvalue weighted by atomic mass is 9.77. The molecule has 0 radical (unpaired) electrons. The minimum atomic E-state index is -0.883. The lowest BCUT2D eigenvalue weighted by Gasteiger charge is -2.32. The van der Waals surface area contributed by atoms with Crippen LogP contribution in [0, 0.1) is 18.6 Å². The van der Waals surface area contributed by atoms with Crippen molar-refractivity contribution in [3.05, 3.63) is 23.3 Å². The highest BCUT2D eigenvalue weighted by Gasteiger charge is 2.52. The van der Waals surface area contributed by atoms with Crippen LogP contribution in [0.25, 0.3) is 0 Å². The number of benzene rings is 1. The average Bonchev–Trinajstić information content (AvgIpc) is 2.50. The van der Waals surface area contributed by atoms with E-state index in [4.69, 9.17) is 15.0 Å². The topological polar surface area (TPSA) is 44.5 Å². The smallest absolute Gasteiger partial charge is 0.399 e. The first-order valence-corrected chi connectivity index (χ1v) is 6.16. The van der Waals surface area contributed by atoms with E-state index in [-0.39, 0.29) is 11.0 Å². The number of hydrogen-bond donors (Lipinski definition) is 1. The second-order valence-corrected chi connectivity index (χ2v) is 5.91. The molecule has 6 heteroatoms. The van der Waals surface area contributed by atoms with E-state index in [1.54, 1.807) is 0 Å². The van der Waals surface area contributed by atoms with Crippen molar-refractivity contribution in [1.29, 1.82) is 0 Å². The van der Waals surface area contributed by atoms with Crippen LogP contribution in [0.15, 0.2) is 6.07 Å². The quantitative estimate of drug-likeness (QED) is 0.627. The van der Waals surface area contributed by atoms with E-state index >= 15 is 0 Å². The molecule has 1 aromatic carbocycles. The van der Waals surface area contributed by atoms with Gasteiger partial charge in [0.05, 0.1) is 11.2 Å². The Morgan fingerprint density at radius 3 is 2.00 bits per heavy atom. The SMILES string of the molecule is Cc1cc(B2OC(C)(C)C(C)(C)O2)c(F)c(N)c1F. The summed E-state index contributed by atoms with van der Waals surface area (Å²) in [5.74, 6) is -1.56. The molecule has 1 aliphatic rings. The lowest BCUT2D eigenvalue weighted by molar-refractivity contribution is 0.00578. The van der Waals surface area contributed by atoms with Gasteiger partial charge in [-0.2, -0.15) is 0 Å². The predicted octanol–water partition coefficient (Wildman–Crippen LogP) is 2.15. The second-order valence-electron chi connectivity index (χ2n) is 5.91. The summed E-state index contributed by atoms with van der Waals surface area (Å²) < 4.78 is 39.1. The third-order valence-corrected chi connectivity index (χ3v) is 3.95. The molecule has 0 bridgehead atoms. The largest absolute Gasteiger partial charge is 0.497 e. The first-order chi connectivity index (χ1) is 8.57. The Morgan fingerprint density at radius 2 is 1.53 bits per heavy atom. The van der Waals surface area contributed by atoms with Gasteiger partial charge in [-0.1, -0.05) is 6.07 Å². The average molecular weight is 269 g/mol. The van der Waals surface area contributed by atoms with E-state index in [0.29, 0.717) is 0 Å². The van der Waals surface area contributed by atoms with E-state index in [2.05, 4.69) is 0 Å². The van der Waals surface area contributed by atoms with E-state index in [9.17, 15) is 8.78 Å². The van der Waals surface area contributed by atoms with Crippen LogP contribution in [0.5, 0.6) is 0 Å². The Bertz CT molecular complexity index is 516. The van der Waals surface area contributed by atoms with E-state index < -0.39 is 35.6 Å². The van der Waals surface area contributed by atoms with Gasteiger partial charge in [-0.25, -0.2) is 8.78 Å². The zero-order valence-corrected chi connectivity index (χ0v) is 11.8. The van der Waals surface area contributed by atoms with Gasteiger partial charge in [-0.15, -0.1) is 0 Å². The molecule has 104 valence electrons. The van der Waals surface area contributed by atoms with Crippen molar-refractivity contribution in [2.45, 2.75) is 45.8 Å². The zero-order chi connectivity index (χ0) is 14.6. The summed E-state index contributed by atoms with van der Waals surface area (Å²) in [7, 11) is -0.883.